The molecule has 0 saturated heterocycles. The molecule has 0 amide bonds. The van der Waals surface area contributed by atoms with E-state index in [2.05, 4.69) is 5.32 Å². The van der Waals surface area contributed by atoms with Gasteiger partial charge in [-0.1, -0.05) is 53.6 Å². The number of nitrogens with one attached hydrogen (secondary N) is 1. The number of carbonyl (C=O) groups is 1. The van der Waals surface area contributed by atoms with Crippen molar-refractivity contribution in [3.63, 3.8) is 0 Å². The number of hydrogen-bond acceptors (Lipinski definition) is 2. The van der Waals surface area contributed by atoms with Gasteiger partial charge < -0.3 is 10.4 Å². The Labute approximate surface area is 135 Å². The molecule has 114 valence electrons. The Kier molecular flexibility index (Phi) is 5.61. The lowest BCUT2D eigenvalue weighted by Crippen LogP contribution is -2.10. The van der Waals surface area contributed by atoms with Crippen LogP contribution < -0.4 is 5.32 Å². The molecule has 2 aromatic rings. The minimum Gasteiger partial charge on any atom is -0.481 e. The van der Waals surface area contributed by atoms with Crippen molar-refractivity contribution in [3.8, 4) is 0 Å². The van der Waals surface area contributed by atoms with Gasteiger partial charge >= 0.3 is 5.97 Å². The van der Waals surface area contributed by atoms with E-state index in [1.807, 2.05) is 49.4 Å². The Morgan fingerprint density at radius 2 is 2.00 bits per heavy atom. The lowest BCUT2D eigenvalue weighted by molar-refractivity contribution is -0.137. The predicted octanol–water partition coefficient (Wildman–Crippen LogP) is 4.48. The molecule has 0 radical (unpaired) electrons. The van der Waals surface area contributed by atoms with Gasteiger partial charge in [-0.05, 0) is 36.8 Å². The maximum atomic E-state index is 11.4. The highest BCUT2D eigenvalue weighted by Crippen LogP contribution is 2.19. The Morgan fingerprint density at radius 3 is 2.64 bits per heavy atom. The van der Waals surface area contributed by atoms with Crippen molar-refractivity contribution in [3.05, 3.63) is 76.8 Å². The summed E-state index contributed by atoms with van der Waals surface area (Å²) in [6.07, 6.45) is 3.54. The molecule has 3 nitrogen and oxygen atoms in total. The maximum absolute atomic E-state index is 11.4. The molecule has 2 aromatic carbocycles. The summed E-state index contributed by atoms with van der Waals surface area (Å²) in [5.41, 5.74) is 2.78. The summed E-state index contributed by atoms with van der Waals surface area (Å²) >= 11 is 5.82. The summed E-state index contributed by atoms with van der Waals surface area (Å²) in [6, 6.07) is 14.9. The number of aryl methyl sites for hydroxylation is 1. The zero-order chi connectivity index (χ0) is 15.9. The quantitative estimate of drug-likeness (QED) is 0.772. The number of hydrogen-bond donors (Lipinski definition) is 2. The minimum absolute atomic E-state index is 0.553. The number of aliphatic carboxylic acids is 1. The normalized spacial score (nSPS) is 12.3. The third-order valence-corrected chi connectivity index (χ3v) is 3.52. The van der Waals surface area contributed by atoms with Crippen molar-refractivity contribution in [1.29, 1.82) is 0 Å². The summed E-state index contributed by atoms with van der Waals surface area (Å²) in [4.78, 5) is 11.4. The third-order valence-electron chi connectivity index (χ3n) is 3.26. The second-order valence-corrected chi connectivity index (χ2v) is 5.48. The summed E-state index contributed by atoms with van der Waals surface area (Å²) in [6.45, 7) is 2.51. The lowest BCUT2D eigenvalue weighted by Gasteiger charge is -2.09. The molecule has 0 heterocycles. The predicted molar refractivity (Wildman–Crippen MR) is 90.6 cm³/mol. The molecule has 0 aliphatic heterocycles. The average Bonchev–Trinajstić information content (AvgIpc) is 2.48. The molecule has 0 spiro atoms. The molecular weight excluding hydrogens is 298 g/mol. The van der Waals surface area contributed by atoms with E-state index < -0.39 is 11.9 Å². The van der Waals surface area contributed by atoms with E-state index in [-0.39, 0.29) is 0 Å². The number of rotatable bonds is 6. The smallest absolute Gasteiger partial charge is 0.314 e. The molecule has 4 heteroatoms. The fourth-order valence-electron chi connectivity index (χ4n) is 2.15. The molecular formula is C18H18ClNO2. The molecule has 0 fully saturated rings. The topological polar surface area (TPSA) is 49.3 Å². The van der Waals surface area contributed by atoms with E-state index in [1.165, 1.54) is 0 Å². The first kappa shape index (κ1) is 16.1. The Hall–Kier alpha value is -2.26. The van der Waals surface area contributed by atoms with Crippen LogP contribution in [0.3, 0.4) is 0 Å². The molecule has 0 bridgehead atoms. The van der Waals surface area contributed by atoms with Crippen LogP contribution in [-0.4, -0.2) is 17.6 Å². The lowest BCUT2D eigenvalue weighted by atomic mass is 9.97. The molecule has 0 aliphatic rings. The van der Waals surface area contributed by atoms with Gasteiger partial charge in [-0.25, -0.2) is 0 Å². The van der Waals surface area contributed by atoms with Gasteiger partial charge in [-0.15, -0.1) is 0 Å². The van der Waals surface area contributed by atoms with E-state index >= 15 is 0 Å². The van der Waals surface area contributed by atoms with Gasteiger partial charge in [0.2, 0.25) is 0 Å². The maximum Gasteiger partial charge on any atom is 0.314 e. The van der Waals surface area contributed by atoms with Crippen LogP contribution in [0.15, 0.2) is 60.7 Å². The number of benzene rings is 2. The standard InChI is InChI=1S/C18H18ClNO2/c1-13-4-2-5-14(12-13)17(18(21)22)6-3-11-20-16-9-7-15(19)8-10-16/h2-10,12,17,20H,11H2,1H3,(H,21,22). The SMILES string of the molecule is Cc1cccc(C(C=CCNc2ccc(Cl)cc2)C(=O)O)c1. The van der Waals surface area contributed by atoms with Crippen LogP contribution in [0.1, 0.15) is 17.0 Å². The summed E-state index contributed by atoms with van der Waals surface area (Å²) in [7, 11) is 0. The van der Waals surface area contributed by atoms with Crippen LogP contribution in [0.5, 0.6) is 0 Å². The fraction of sp³-hybridized carbons (Fsp3) is 0.167. The van der Waals surface area contributed by atoms with E-state index in [0.717, 1.165) is 16.8 Å². The number of halogens is 1. The highest BCUT2D eigenvalue weighted by atomic mass is 35.5. The average molecular weight is 316 g/mol. The van der Waals surface area contributed by atoms with E-state index in [0.29, 0.717) is 11.6 Å². The largest absolute Gasteiger partial charge is 0.481 e. The molecule has 22 heavy (non-hydrogen) atoms. The molecule has 0 aromatic heterocycles. The van der Waals surface area contributed by atoms with Crippen molar-refractivity contribution < 1.29 is 9.90 Å². The molecule has 1 unspecified atom stereocenters. The third kappa shape index (κ3) is 4.64. The van der Waals surface area contributed by atoms with Crippen LogP contribution in [0, 0.1) is 6.92 Å². The van der Waals surface area contributed by atoms with Crippen molar-refractivity contribution in [2.24, 2.45) is 0 Å². The zero-order valence-corrected chi connectivity index (χ0v) is 13.0. The Morgan fingerprint density at radius 1 is 1.27 bits per heavy atom. The van der Waals surface area contributed by atoms with Crippen molar-refractivity contribution >= 4 is 23.3 Å². The van der Waals surface area contributed by atoms with E-state index in [1.54, 1.807) is 18.2 Å². The van der Waals surface area contributed by atoms with Crippen LogP contribution in [-0.2, 0) is 4.79 Å². The Balaban J connectivity index is 1.99. The van der Waals surface area contributed by atoms with Crippen LogP contribution in [0.2, 0.25) is 5.02 Å². The van der Waals surface area contributed by atoms with Crippen molar-refractivity contribution in [2.75, 3.05) is 11.9 Å². The van der Waals surface area contributed by atoms with Gasteiger partial charge in [0, 0.05) is 17.3 Å². The summed E-state index contributed by atoms with van der Waals surface area (Å²) in [5.74, 6) is -1.49. The van der Waals surface area contributed by atoms with Crippen LogP contribution in [0.4, 0.5) is 5.69 Å². The first-order chi connectivity index (χ1) is 10.6. The summed E-state index contributed by atoms with van der Waals surface area (Å²) < 4.78 is 0. The van der Waals surface area contributed by atoms with Gasteiger partial charge in [0.25, 0.3) is 0 Å². The number of carboxylic acid groups (broad SMARTS) is 1. The van der Waals surface area contributed by atoms with Crippen LogP contribution >= 0.6 is 11.6 Å². The first-order valence-corrected chi connectivity index (χ1v) is 7.39. The van der Waals surface area contributed by atoms with E-state index in [9.17, 15) is 9.90 Å². The van der Waals surface area contributed by atoms with Gasteiger partial charge in [0.1, 0.15) is 0 Å². The van der Waals surface area contributed by atoms with Crippen molar-refractivity contribution in [2.45, 2.75) is 12.8 Å². The molecule has 2 N–H and O–H groups in total. The van der Waals surface area contributed by atoms with E-state index in [4.69, 9.17) is 11.6 Å². The minimum atomic E-state index is -0.853. The molecule has 2 rings (SSSR count). The zero-order valence-electron chi connectivity index (χ0n) is 12.3. The highest BCUT2D eigenvalue weighted by molar-refractivity contribution is 6.30. The van der Waals surface area contributed by atoms with Crippen molar-refractivity contribution in [1.82, 2.24) is 0 Å². The highest BCUT2D eigenvalue weighted by Gasteiger charge is 2.15. The van der Waals surface area contributed by atoms with Gasteiger partial charge in [0.15, 0.2) is 0 Å². The van der Waals surface area contributed by atoms with Gasteiger partial charge in [-0.3, -0.25) is 4.79 Å². The number of carboxylic acids is 1. The van der Waals surface area contributed by atoms with Gasteiger partial charge in [0.05, 0.1) is 5.92 Å². The molecule has 0 aliphatic carbocycles. The monoisotopic (exact) mass is 315 g/mol. The number of anilines is 1. The second-order valence-electron chi connectivity index (χ2n) is 5.05. The van der Waals surface area contributed by atoms with Gasteiger partial charge in [-0.2, -0.15) is 0 Å². The molecule has 1 atom stereocenters. The second kappa shape index (κ2) is 7.66. The molecule has 0 saturated carbocycles. The fourth-order valence-corrected chi connectivity index (χ4v) is 2.27. The summed E-state index contributed by atoms with van der Waals surface area (Å²) in [5, 5.41) is 13.3. The first-order valence-electron chi connectivity index (χ1n) is 7.02. The van der Waals surface area contributed by atoms with Crippen LogP contribution in [0.25, 0.3) is 0 Å². The Bertz CT molecular complexity index is 665.